The summed E-state index contributed by atoms with van der Waals surface area (Å²) in [5.41, 5.74) is 5.64. The molecule has 1 aliphatic rings. The Labute approximate surface area is 176 Å². The maximum absolute atomic E-state index is 5.80. The molecule has 0 saturated carbocycles. The Kier molecular flexibility index (Phi) is 17.5. The standard InChI is InChI=1S/C25H51NO2/c1-3-4-5-6-7-10-13-16-23(2)17-14-11-8-9-12-15-20-27-22-25-19-18-24(21-26)28-25/h23-25H,3-22,26H2,1-2H3/t23?,24-,25+/m0/s1. The van der Waals surface area contributed by atoms with Crippen molar-refractivity contribution in [2.24, 2.45) is 11.7 Å². The lowest BCUT2D eigenvalue weighted by atomic mass is 9.96. The first kappa shape index (κ1) is 25.9. The minimum atomic E-state index is 0.270. The maximum Gasteiger partial charge on any atom is 0.0813 e. The molecule has 1 saturated heterocycles. The molecule has 1 unspecified atom stereocenters. The zero-order valence-electron chi connectivity index (χ0n) is 19.3. The molecule has 0 spiro atoms. The van der Waals surface area contributed by atoms with Crippen LogP contribution in [0, 0.1) is 5.92 Å². The van der Waals surface area contributed by atoms with E-state index in [9.17, 15) is 0 Å². The molecule has 1 rings (SSSR count). The van der Waals surface area contributed by atoms with E-state index < -0.39 is 0 Å². The fourth-order valence-corrected chi connectivity index (χ4v) is 4.29. The van der Waals surface area contributed by atoms with Crippen molar-refractivity contribution in [2.75, 3.05) is 19.8 Å². The summed E-state index contributed by atoms with van der Waals surface area (Å²) in [7, 11) is 0. The molecule has 0 aromatic heterocycles. The first-order valence-corrected chi connectivity index (χ1v) is 12.7. The monoisotopic (exact) mass is 397 g/mol. The number of unbranched alkanes of at least 4 members (excludes halogenated alkanes) is 11. The van der Waals surface area contributed by atoms with Gasteiger partial charge >= 0.3 is 0 Å². The van der Waals surface area contributed by atoms with Gasteiger partial charge in [-0.1, -0.05) is 104 Å². The molecule has 0 aromatic rings. The van der Waals surface area contributed by atoms with Gasteiger partial charge in [-0.3, -0.25) is 0 Å². The highest BCUT2D eigenvalue weighted by Gasteiger charge is 2.23. The summed E-state index contributed by atoms with van der Waals surface area (Å²) in [6, 6.07) is 0. The molecule has 28 heavy (non-hydrogen) atoms. The van der Waals surface area contributed by atoms with Gasteiger partial charge in [0.05, 0.1) is 18.8 Å². The van der Waals surface area contributed by atoms with E-state index in [2.05, 4.69) is 13.8 Å². The lowest BCUT2D eigenvalue weighted by Crippen LogP contribution is -2.22. The van der Waals surface area contributed by atoms with Gasteiger partial charge in [-0.2, -0.15) is 0 Å². The SMILES string of the molecule is CCCCCCCCCC(C)CCCCCCCCOC[C@H]1CC[C@@H](CN)O1. The fourth-order valence-electron chi connectivity index (χ4n) is 4.29. The Balaban J connectivity index is 1.74. The first-order valence-electron chi connectivity index (χ1n) is 12.7. The van der Waals surface area contributed by atoms with Crippen LogP contribution in [0.4, 0.5) is 0 Å². The fraction of sp³-hybridized carbons (Fsp3) is 1.00. The van der Waals surface area contributed by atoms with E-state index >= 15 is 0 Å². The zero-order chi connectivity index (χ0) is 20.3. The summed E-state index contributed by atoms with van der Waals surface area (Å²) in [6.45, 7) is 7.05. The van der Waals surface area contributed by atoms with Crippen molar-refractivity contribution in [1.82, 2.24) is 0 Å². The second-order valence-electron chi connectivity index (χ2n) is 9.19. The Bertz CT molecular complexity index is 324. The van der Waals surface area contributed by atoms with Gasteiger partial charge in [0.15, 0.2) is 0 Å². The normalized spacial score (nSPS) is 20.7. The summed E-state index contributed by atoms with van der Waals surface area (Å²) in [5.74, 6) is 0.931. The van der Waals surface area contributed by atoms with Crippen molar-refractivity contribution >= 4 is 0 Å². The smallest absolute Gasteiger partial charge is 0.0813 e. The summed E-state index contributed by atoms with van der Waals surface area (Å²) in [5, 5.41) is 0. The molecule has 3 heteroatoms. The first-order chi connectivity index (χ1) is 13.8. The third-order valence-corrected chi connectivity index (χ3v) is 6.30. The van der Waals surface area contributed by atoms with E-state index in [1.54, 1.807) is 0 Å². The van der Waals surface area contributed by atoms with Crippen LogP contribution in [-0.4, -0.2) is 32.0 Å². The Morgan fingerprint density at radius 3 is 1.89 bits per heavy atom. The van der Waals surface area contributed by atoms with Crippen molar-refractivity contribution in [3.05, 3.63) is 0 Å². The average Bonchev–Trinajstić information content (AvgIpc) is 3.16. The molecule has 0 radical (unpaired) electrons. The van der Waals surface area contributed by atoms with E-state index in [4.69, 9.17) is 15.2 Å². The molecule has 2 N–H and O–H groups in total. The molecule has 0 aromatic carbocycles. The molecule has 0 bridgehead atoms. The molecule has 1 fully saturated rings. The van der Waals surface area contributed by atoms with Crippen LogP contribution in [0.15, 0.2) is 0 Å². The van der Waals surface area contributed by atoms with E-state index in [1.807, 2.05) is 0 Å². The van der Waals surface area contributed by atoms with Gasteiger partial charge < -0.3 is 15.2 Å². The van der Waals surface area contributed by atoms with Crippen molar-refractivity contribution in [3.8, 4) is 0 Å². The van der Waals surface area contributed by atoms with Crippen molar-refractivity contribution in [1.29, 1.82) is 0 Å². The molecule has 0 aliphatic carbocycles. The zero-order valence-corrected chi connectivity index (χ0v) is 19.3. The van der Waals surface area contributed by atoms with Gasteiger partial charge in [0.1, 0.15) is 0 Å². The van der Waals surface area contributed by atoms with Crippen LogP contribution in [0.3, 0.4) is 0 Å². The minimum absolute atomic E-state index is 0.270. The molecule has 3 atom stereocenters. The van der Waals surface area contributed by atoms with Crippen LogP contribution in [0.5, 0.6) is 0 Å². The number of hydrogen-bond acceptors (Lipinski definition) is 3. The molecule has 1 heterocycles. The summed E-state index contributed by atoms with van der Waals surface area (Å²) in [4.78, 5) is 0. The molecular formula is C25H51NO2. The second kappa shape index (κ2) is 18.9. The van der Waals surface area contributed by atoms with Gasteiger partial charge in [-0.25, -0.2) is 0 Å². The topological polar surface area (TPSA) is 44.5 Å². The Morgan fingerprint density at radius 2 is 1.32 bits per heavy atom. The largest absolute Gasteiger partial charge is 0.379 e. The van der Waals surface area contributed by atoms with Gasteiger partial charge in [0.2, 0.25) is 0 Å². The number of nitrogens with two attached hydrogens (primary N) is 1. The highest BCUT2D eigenvalue weighted by Crippen LogP contribution is 2.20. The number of ether oxygens (including phenoxy) is 2. The third kappa shape index (κ3) is 14.8. The maximum atomic E-state index is 5.80. The van der Waals surface area contributed by atoms with Crippen LogP contribution in [0.25, 0.3) is 0 Å². The van der Waals surface area contributed by atoms with Crippen LogP contribution in [0.1, 0.15) is 123 Å². The highest BCUT2D eigenvalue weighted by atomic mass is 16.5. The van der Waals surface area contributed by atoms with Crippen molar-refractivity contribution in [3.63, 3.8) is 0 Å². The summed E-state index contributed by atoms with van der Waals surface area (Å²) < 4.78 is 11.6. The van der Waals surface area contributed by atoms with Gasteiger partial charge in [0, 0.05) is 13.2 Å². The number of rotatable bonds is 20. The lowest BCUT2D eigenvalue weighted by Gasteiger charge is -2.12. The van der Waals surface area contributed by atoms with E-state index in [0.29, 0.717) is 6.54 Å². The lowest BCUT2D eigenvalue weighted by molar-refractivity contribution is -0.0126. The molecule has 3 nitrogen and oxygen atoms in total. The predicted molar refractivity (Wildman–Crippen MR) is 122 cm³/mol. The van der Waals surface area contributed by atoms with Gasteiger partial charge in [0.25, 0.3) is 0 Å². The summed E-state index contributed by atoms with van der Waals surface area (Å²) >= 11 is 0. The van der Waals surface area contributed by atoms with Crippen LogP contribution >= 0.6 is 0 Å². The van der Waals surface area contributed by atoms with Crippen LogP contribution in [0.2, 0.25) is 0 Å². The van der Waals surface area contributed by atoms with E-state index in [-0.39, 0.29) is 12.2 Å². The molecular weight excluding hydrogens is 346 g/mol. The second-order valence-corrected chi connectivity index (χ2v) is 9.19. The average molecular weight is 398 g/mol. The van der Waals surface area contributed by atoms with E-state index in [1.165, 1.54) is 96.3 Å². The third-order valence-electron chi connectivity index (χ3n) is 6.30. The quantitative estimate of drug-likeness (QED) is 0.225. The highest BCUT2D eigenvalue weighted by molar-refractivity contribution is 4.73. The van der Waals surface area contributed by atoms with E-state index in [0.717, 1.165) is 32.0 Å². The van der Waals surface area contributed by atoms with Crippen molar-refractivity contribution < 1.29 is 9.47 Å². The molecule has 0 amide bonds. The minimum Gasteiger partial charge on any atom is -0.379 e. The van der Waals surface area contributed by atoms with Gasteiger partial charge in [-0.05, 0) is 25.2 Å². The Morgan fingerprint density at radius 1 is 0.786 bits per heavy atom. The summed E-state index contributed by atoms with van der Waals surface area (Å²) in [6.07, 6.45) is 23.8. The predicted octanol–water partition coefficient (Wildman–Crippen LogP) is 7.02. The van der Waals surface area contributed by atoms with Crippen molar-refractivity contribution in [2.45, 2.75) is 135 Å². The van der Waals surface area contributed by atoms with Gasteiger partial charge in [-0.15, -0.1) is 0 Å². The molecule has 1 aliphatic heterocycles. The van der Waals surface area contributed by atoms with Crippen LogP contribution in [-0.2, 0) is 9.47 Å². The molecule has 168 valence electrons. The van der Waals surface area contributed by atoms with Crippen LogP contribution < -0.4 is 5.73 Å². The Hall–Kier alpha value is -0.120. The number of hydrogen-bond donors (Lipinski definition) is 1.